The molecule has 0 radical (unpaired) electrons. The van der Waals surface area contributed by atoms with E-state index in [1.54, 1.807) is 18.5 Å². The molecule has 4 heterocycles. The molecule has 3 aromatic heterocycles. The molecule has 0 unspecified atom stereocenters. The molecule has 4 aromatic rings. The minimum atomic E-state index is -2.16. The van der Waals surface area contributed by atoms with Crippen LogP contribution in [0.4, 0.5) is 5.82 Å². The van der Waals surface area contributed by atoms with Gasteiger partial charge in [0.25, 0.3) is 0 Å². The lowest BCUT2D eigenvalue weighted by Crippen LogP contribution is -2.06. The SMILES string of the molecule is Cc1ncc(Cl)c([C@@H](C)Oc2ccc3[nH]nc(-c4ccc(N=S5(=O)CCCC5)nc4)c3c2)c1Cl. The first-order valence-electron chi connectivity index (χ1n) is 11.0. The van der Waals surface area contributed by atoms with E-state index in [1.165, 1.54) is 0 Å². The summed E-state index contributed by atoms with van der Waals surface area (Å²) in [7, 11) is -2.16. The largest absolute Gasteiger partial charge is 0.486 e. The van der Waals surface area contributed by atoms with E-state index >= 15 is 0 Å². The van der Waals surface area contributed by atoms with Crippen LogP contribution >= 0.6 is 23.2 Å². The zero-order valence-corrected chi connectivity index (χ0v) is 21.0. The predicted octanol–water partition coefficient (Wildman–Crippen LogP) is 6.67. The quantitative estimate of drug-likeness (QED) is 0.320. The number of aromatic amines is 1. The van der Waals surface area contributed by atoms with Crippen molar-refractivity contribution < 1.29 is 8.95 Å². The predicted molar refractivity (Wildman–Crippen MR) is 137 cm³/mol. The molecule has 1 N–H and O–H groups in total. The molecule has 0 spiro atoms. The molecule has 1 aromatic carbocycles. The lowest BCUT2D eigenvalue weighted by molar-refractivity contribution is 0.227. The second-order valence-electron chi connectivity index (χ2n) is 8.34. The van der Waals surface area contributed by atoms with Crippen molar-refractivity contribution in [1.82, 2.24) is 20.2 Å². The van der Waals surface area contributed by atoms with Crippen molar-refractivity contribution in [1.29, 1.82) is 0 Å². The van der Waals surface area contributed by atoms with Crippen LogP contribution in [-0.2, 0) is 9.73 Å². The number of aryl methyl sites for hydroxylation is 1. The van der Waals surface area contributed by atoms with E-state index < -0.39 is 9.73 Å². The number of hydrogen-bond donors (Lipinski definition) is 1. The Balaban J connectivity index is 1.44. The van der Waals surface area contributed by atoms with Crippen LogP contribution in [0.25, 0.3) is 22.2 Å². The number of benzene rings is 1. The first-order chi connectivity index (χ1) is 16.3. The first-order valence-corrected chi connectivity index (χ1v) is 13.6. The first kappa shape index (κ1) is 23.1. The van der Waals surface area contributed by atoms with Gasteiger partial charge in [-0.15, -0.1) is 0 Å². The molecule has 0 saturated carbocycles. The molecule has 7 nitrogen and oxygen atoms in total. The topological polar surface area (TPSA) is 93.1 Å². The number of H-pyrrole nitrogens is 1. The third-order valence-electron chi connectivity index (χ3n) is 5.89. The standard InChI is InChI=1S/C24H23Cl2N5O2S/c1-14-23(26)22(19(25)13-27-14)15(2)33-17-6-7-20-18(11-17)24(30-29-20)16-5-8-21(28-12-16)31-34(32)9-3-4-10-34/h5-8,11-13,15H,3-4,9-10H2,1-2H3,(H,29,30)/t15-/m1/s1. The van der Waals surface area contributed by atoms with Crippen LogP contribution in [0.2, 0.25) is 10.0 Å². The number of fused-ring (bicyclic) bond motifs is 1. The summed E-state index contributed by atoms with van der Waals surface area (Å²) >= 11 is 12.8. The normalized spacial score (nSPS) is 16.0. The van der Waals surface area contributed by atoms with E-state index in [9.17, 15) is 4.21 Å². The molecule has 10 heteroatoms. The highest BCUT2D eigenvalue weighted by molar-refractivity contribution is 7.93. The second-order valence-corrected chi connectivity index (χ2v) is 11.7. The highest BCUT2D eigenvalue weighted by Gasteiger charge is 2.19. The van der Waals surface area contributed by atoms with Crippen LogP contribution in [-0.4, -0.2) is 35.9 Å². The van der Waals surface area contributed by atoms with Crippen molar-refractivity contribution in [3.8, 4) is 17.0 Å². The molecule has 1 atom stereocenters. The van der Waals surface area contributed by atoms with E-state index in [4.69, 9.17) is 27.9 Å². The fourth-order valence-corrected chi connectivity index (χ4v) is 6.90. The number of rotatable bonds is 5. The monoisotopic (exact) mass is 515 g/mol. The highest BCUT2D eigenvalue weighted by atomic mass is 35.5. The summed E-state index contributed by atoms with van der Waals surface area (Å²) in [5.74, 6) is 2.45. The van der Waals surface area contributed by atoms with Gasteiger partial charge in [-0.05, 0) is 57.0 Å². The summed E-state index contributed by atoms with van der Waals surface area (Å²) < 4.78 is 23.3. The van der Waals surface area contributed by atoms with E-state index in [1.807, 2.05) is 38.1 Å². The Labute approximate surface area is 208 Å². The van der Waals surface area contributed by atoms with Crippen LogP contribution in [0.15, 0.2) is 47.1 Å². The Morgan fingerprint density at radius 2 is 1.91 bits per heavy atom. The van der Waals surface area contributed by atoms with Gasteiger partial charge in [0.05, 0.1) is 31.0 Å². The number of halogens is 2. The molecule has 1 aliphatic heterocycles. The summed E-state index contributed by atoms with van der Waals surface area (Å²) in [5.41, 5.74) is 3.84. The van der Waals surface area contributed by atoms with Crippen molar-refractivity contribution in [2.75, 3.05) is 11.5 Å². The molecule has 0 bridgehead atoms. The summed E-state index contributed by atoms with van der Waals surface area (Å²) in [6.45, 7) is 3.73. The third-order valence-corrected chi connectivity index (χ3v) is 9.05. The Bertz CT molecular complexity index is 1480. The number of aromatic nitrogens is 4. The summed E-state index contributed by atoms with van der Waals surface area (Å²) in [6, 6.07) is 9.40. The van der Waals surface area contributed by atoms with Crippen molar-refractivity contribution >= 4 is 49.7 Å². The van der Waals surface area contributed by atoms with E-state index in [2.05, 4.69) is 24.5 Å². The highest BCUT2D eigenvalue weighted by Crippen LogP contribution is 2.36. The fraction of sp³-hybridized carbons (Fsp3) is 0.292. The van der Waals surface area contributed by atoms with Crippen molar-refractivity contribution in [2.45, 2.75) is 32.8 Å². The number of nitrogens with one attached hydrogen (secondary N) is 1. The number of pyridine rings is 2. The smallest absolute Gasteiger partial charge is 0.161 e. The Hall–Kier alpha value is -2.68. The Kier molecular flexibility index (Phi) is 6.22. The van der Waals surface area contributed by atoms with Gasteiger partial charge in [0.2, 0.25) is 0 Å². The molecular weight excluding hydrogens is 493 g/mol. The zero-order chi connectivity index (χ0) is 23.9. The van der Waals surface area contributed by atoms with E-state index in [-0.39, 0.29) is 6.10 Å². The number of nitrogens with zero attached hydrogens (tertiary/aromatic N) is 4. The molecule has 34 heavy (non-hydrogen) atoms. The summed E-state index contributed by atoms with van der Waals surface area (Å²) in [4.78, 5) is 8.61. The average molecular weight is 516 g/mol. The van der Waals surface area contributed by atoms with Gasteiger partial charge in [-0.1, -0.05) is 23.2 Å². The van der Waals surface area contributed by atoms with Gasteiger partial charge in [-0.3, -0.25) is 10.1 Å². The maximum atomic E-state index is 12.7. The lowest BCUT2D eigenvalue weighted by atomic mass is 10.1. The second kappa shape index (κ2) is 9.17. The van der Waals surface area contributed by atoms with Crippen LogP contribution in [0, 0.1) is 6.92 Å². The average Bonchev–Trinajstić information content (AvgIpc) is 3.43. The maximum Gasteiger partial charge on any atom is 0.161 e. The minimum Gasteiger partial charge on any atom is -0.486 e. The van der Waals surface area contributed by atoms with Gasteiger partial charge < -0.3 is 4.74 Å². The maximum absolute atomic E-state index is 12.7. The van der Waals surface area contributed by atoms with Crippen LogP contribution in [0.1, 0.15) is 37.1 Å². The molecule has 0 aliphatic carbocycles. The van der Waals surface area contributed by atoms with Gasteiger partial charge >= 0.3 is 0 Å². The van der Waals surface area contributed by atoms with E-state index in [0.29, 0.717) is 44.4 Å². The van der Waals surface area contributed by atoms with Crippen molar-refractivity contribution in [3.63, 3.8) is 0 Å². The van der Waals surface area contributed by atoms with Gasteiger partial charge in [-0.2, -0.15) is 9.46 Å². The molecule has 5 rings (SSSR count). The Morgan fingerprint density at radius 3 is 2.65 bits per heavy atom. The molecule has 1 aliphatic rings. The van der Waals surface area contributed by atoms with Gasteiger partial charge in [0, 0.05) is 40.4 Å². The third kappa shape index (κ3) is 4.50. The Morgan fingerprint density at radius 1 is 1.12 bits per heavy atom. The van der Waals surface area contributed by atoms with Crippen LogP contribution in [0.5, 0.6) is 5.75 Å². The van der Waals surface area contributed by atoms with E-state index in [0.717, 1.165) is 35.0 Å². The van der Waals surface area contributed by atoms with Crippen LogP contribution < -0.4 is 4.74 Å². The van der Waals surface area contributed by atoms with Gasteiger partial charge in [0.15, 0.2) is 5.82 Å². The number of hydrogen-bond acceptors (Lipinski definition) is 6. The lowest BCUT2D eigenvalue weighted by Gasteiger charge is -2.18. The molecule has 176 valence electrons. The van der Waals surface area contributed by atoms with Crippen molar-refractivity contribution in [2.24, 2.45) is 4.36 Å². The van der Waals surface area contributed by atoms with Crippen LogP contribution in [0.3, 0.4) is 0 Å². The van der Waals surface area contributed by atoms with Gasteiger partial charge in [-0.25, -0.2) is 9.19 Å². The summed E-state index contributed by atoms with van der Waals surface area (Å²) in [6.07, 6.45) is 4.83. The zero-order valence-electron chi connectivity index (χ0n) is 18.7. The molecule has 1 saturated heterocycles. The van der Waals surface area contributed by atoms with Gasteiger partial charge in [0.1, 0.15) is 17.5 Å². The molecular formula is C24H23Cl2N5O2S. The summed E-state index contributed by atoms with van der Waals surface area (Å²) in [5, 5.41) is 9.38. The minimum absolute atomic E-state index is 0.380. The molecule has 0 amide bonds. The van der Waals surface area contributed by atoms with Crippen molar-refractivity contribution in [3.05, 3.63) is 64.0 Å². The fourth-order valence-electron chi connectivity index (χ4n) is 4.10. The molecule has 1 fully saturated rings. The number of ether oxygens (including phenoxy) is 1.